The lowest BCUT2D eigenvalue weighted by Gasteiger charge is -2.06. The third kappa shape index (κ3) is 4.36. The number of hydrogen-bond donors (Lipinski definition) is 2. The molecule has 16 heavy (non-hydrogen) atoms. The zero-order chi connectivity index (χ0) is 12.0. The Hall–Kier alpha value is -0.180. The van der Waals surface area contributed by atoms with Crippen molar-refractivity contribution in [1.29, 1.82) is 0 Å². The summed E-state index contributed by atoms with van der Waals surface area (Å²) in [5.41, 5.74) is 0. The van der Waals surface area contributed by atoms with Crippen LogP contribution < -0.4 is 10.0 Å². The lowest BCUT2D eigenvalue weighted by molar-refractivity contribution is 0.577. The first-order chi connectivity index (χ1) is 7.56. The van der Waals surface area contributed by atoms with Gasteiger partial charge in [0, 0.05) is 10.1 Å². The van der Waals surface area contributed by atoms with Crippen LogP contribution in [0.4, 0.5) is 0 Å². The molecule has 2 N–H and O–H groups in total. The molecule has 1 aromatic carbocycles. The summed E-state index contributed by atoms with van der Waals surface area (Å²) in [7, 11) is -1.50. The van der Waals surface area contributed by atoms with E-state index in [9.17, 15) is 8.42 Å². The SMILES string of the molecule is CNCCCNS(=O)(=O)c1ccc(I)cc1. The molecule has 1 aromatic rings. The monoisotopic (exact) mass is 354 g/mol. The molecule has 0 aliphatic heterocycles. The standard InChI is InChI=1S/C10H15IN2O2S/c1-12-7-2-8-13-16(14,15)10-5-3-9(11)4-6-10/h3-6,12-13H,2,7-8H2,1H3. The van der Waals surface area contributed by atoms with Gasteiger partial charge in [0.15, 0.2) is 0 Å². The average molecular weight is 354 g/mol. The molecule has 0 saturated heterocycles. The number of hydrogen-bond acceptors (Lipinski definition) is 3. The summed E-state index contributed by atoms with van der Waals surface area (Å²) >= 11 is 2.14. The molecule has 0 radical (unpaired) electrons. The molecule has 0 aliphatic carbocycles. The van der Waals surface area contributed by atoms with Gasteiger partial charge in [-0.05, 0) is 66.9 Å². The van der Waals surface area contributed by atoms with Gasteiger partial charge in [-0.25, -0.2) is 13.1 Å². The van der Waals surface area contributed by atoms with Crippen LogP contribution in [0.3, 0.4) is 0 Å². The Morgan fingerprint density at radius 3 is 2.38 bits per heavy atom. The minimum Gasteiger partial charge on any atom is -0.320 e. The molecular weight excluding hydrogens is 339 g/mol. The predicted molar refractivity (Wildman–Crippen MR) is 72.9 cm³/mol. The van der Waals surface area contributed by atoms with Crippen LogP contribution in [-0.2, 0) is 10.0 Å². The Morgan fingerprint density at radius 2 is 1.81 bits per heavy atom. The first-order valence-electron chi connectivity index (χ1n) is 4.96. The highest BCUT2D eigenvalue weighted by Gasteiger charge is 2.12. The molecule has 0 amide bonds. The lowest BCUT2D eigenvalue weighted by atomic mass is 10.4. The van der Waals surface area contributed by atoms with Crippen LogP contribution in [0.15, 0.2) is 29.2 Å². The van der Waals surface area contributed by atoms with Crippen LogP contribution in [0.5, 0.6) is 0 Å². The van der Waals surface area contributed by atoms with Crippen molar-refractivity contribution in [2.45, 2.75) is 11.3 Å². The molecule has 0 spiro atoms. The van der Waals surface area contributed by atoms with E-state index in [0.29, 0.717) is 11.4 Å². The Bertz CT molecular complexity index is 417. The van der Waals surface area contributed by atoms with Crippen molar-refractivity contribution < 1.29 is 8.42 Å². The van der Waals surface area contributed by atoms with Gasteiger partial charge in [-0.15, -0.1) is 0 Å². The first kappa shape index (κ1) is 13.9. The van der Waals surface area contributed by atoms with Crippen molar-refractivity contribution in [3.8, 4) is 0 Å². The zero-order valence-electron chi connectivity index (χ0n) is 9.03. The number of nitrogens with one attached hydrogen (secondary N) is 2. The van der Waals surface area contributed by atoms with Crippen molar-refractivity contribution in [2.75, 3.05) is 20.1 Å². The van der Waals surface area contributed by atoms with Crippen LogP contribution in [0.1, 0.15) is 6.42 Å². The highest BCUT2D eigenvalue weighted by Crippen LogP contribution is 2.11. The molecule has 0 saturated carbocycles. The highest BCUT2D eigenvalue weighted by atomic mass is 127. The van der Waals surface area contributed by atoms with Gasteiger partial charge in [0.1, 0.15) is 0 Å². The molecule has 0 aromatic heterocycles. The molecule has 0 atom stereocenters. The van der Waals surface area contributed by atoms with Crippen molar-refractivity contribution in [2.24, 2.45) is 0 Å². The molecule has 4 nitrogen and oxygen atoms in total. The minimum absolute atomic E-state index is 0.317. The van der Waals surface area contributed by atoms with Crippen LogP contribution in [0.25, 0.3) is 0 Å². The topological polar surface area (TPSA) is 58.2 Å². The fraction of sp³-hybridized carbons (Fsp3) is 0.400. The van der Waals surface area contributed by atoms with E-state index >= 15 is 0 Å². The normalized spacial score (nSPS) is 11.6. The minimum atomic E-state index is -3.34. The summed E-state index contributed by atoms with van der Waals surface area (Å²) < 4.78 is 27.1. The molecule has 0 aliphatic rings. The van der Waals surface area contributed by atoms with Gasteiger partial charge in [-0.2, -0.15) is 0 Å². The maximum atomic E-state index is 11.8. The molecule has 0 unspecified atom stereocenters. The Labute approximate surface area is 110 Å². The van der Waals surface area contributed by atoms with Crippen molar-refractivity contribution in [1.82, 2.24) is 10.0 Å². The fourth-order valence-corrected chi connectivity index (χ4v) is 2.60. The van der Waals surface area contributed by atoms with Crippen molar-refractivity contribution in [3.63, 3.8) is 0 Å². The van der Waals surface area contributed by atoms with E-state index in [1.165, 1.54) is 0 Å². The smallest absolute Gasteiger partial charge is 0.240 e. The quantitative estimate of drug-likeness (QED) is 0.596. The maximum Gasteiger partial charge on any atom is 0.240 e. The molecule has 6 heteroatoms. The van der Waals surface area contributed by atoms with Crippen molar-refractivity contribution in [3.05, 3.63) is 27.8 Å². The summed E-state index contributed by atoms with van der Waals surface area (Å²) in [6, 6.07) is 6.79. The van der Waals surface area contributed by atoms with Gasteiger partial charge in [-0.3, -0.25) is 0 Å². The zero-order valence-corrected chi connectivity index (χ0v) is 12.0. The van der Waals surface area contributed by atoms with E-state index in [0.717, 1.165) is 16.5 Å². The number of halogens is 1. The third-order valence-electron chi connectivity index (χ3n) is 2.02. The molecule has 0 bridgehead atoms. The Morgan fingerprint density at radius 1 is 1.19 bits per heavy atom. The number of sulfonamides is 1. The summed E-state index contributed by atoms with van der Waals surface area (Å²) in [6.45, 7) is 1.25. The van der Waals surface area contributed by atoms with Gasteiger partial charge in [0.05, 0.1) is 4.90 Å². The summed E-state index contributed by atoms with van der Waals surface area (Å²) in [6.07, 6.45) is 0.778. The maximum absolute atomic E-state index is 11.8. The second-order valence-corrected chi connectivity index (χ2v) is 6.32. The number of rotatable bonds is 6. The van der Waals surface area contributed by atoms with E-state index in [-0.39, 0.29) is 0 Å². The Kier molecular flexibility index (Phi) is 5.67. The van der Waals surface area contributed by atoms with Crippen LogP contribution in [0, 0.1) is 3.57 Å². The van der Waals surface area contributed by atoms with E-state index in [1.54, 1.807) is 24.3 Å². The van der Waals surface area contributed by atoms with Crippen LogP contribution >= 0.6 is 22.6 Å². The van der Waals surface area contributed by atoms with Crippen LogP contribution in [-0.4, -0.2) is 28.6 Å². The molecule has 0 heterocycles. The lowest BCUT2D eigenvalue weighted by Crippen LogP contribution is -2.26. The average Bonchev–Trinajstić information content (AvgIpc) is 2.25. The van der Waals surface area contributed by atoms with E-state index < -0.39 is 10.0 Å². The van der Waals surface area contributed by atoms with Gasteiger partial charge in [0.25, 0.3) is 0 Å². The summed E-state index contributed by atoms with van der Waals surface area (Å²) in [5.74, 6) is 0. The molecule has 1 rings (SSSR count). The molecule has 90 valence electrons. The number of benzene rings is 1. The van der Waals surface area contributed by atoms with Gasteiger partial charge < -0.3 is 5.32 Å². The molecular formula is C10H15IN2O2S. The predicted octanol–water partition coefficient (Wildman–Crippen LogP) is 1.18. The second kappa shape index (κ2) is 6.53. The van der Waals surface area contributed by atoms with Crippen LogP contribution in [0.2, 0.25) is 0 Å². The van der Waals surface area contributed by atoms with Gasteiger partial charge in [-0.1, -0.05) is 0 Å². The van der Waals surface area contributed by atoms with E-state index in [2.05, 4.69) is 32.6 Å². The molecule has 0 fully saturated rings. The largest absolute Gasteiger partial charge is 0.320 e. The van der Waals surface area contributed by atoms with E-state index in [4.69, 9.17) is 0 Å². The summed E-state index contributed by atoms with van der Waals surface area (Å²) in [4.78, 5) is 0.317. The van der Waals surface area contributed by atoms with E-state index in [1.807, 2.05) is 7.05 Å². The Balaban J connectivity index is 2.60. The summed E-state index contributed by atoms with van der Waals surface area (Å²) in [5, 5.41) is 2.97. The highest BCUT2D eigenvalue weighted by molar-refractivity contribution is 14.1. The van der Waals surface area contributed by atoms with Crippen molar-refractivity contribution >= 4 is 32.6 Å². The second-order valence-electron chi connectivity index (χ2n) is 3.31. The third-order valence-corrected chi connectivity index (χ3v) is 4.22. The van der Waals surface area contributed by atoms with Gasteiger partial charge in [0.2, 0.25) is 10.0 Å². The fourth-order valence-electron chi connectivity index (χ4n) is 1.17. The van der Waals surface area contributed by atoms with Gasteiger partial charge >= 0.3 is 0 Å². The first-order valence-corrected chi connectivity index (χ1v) is 7.52.